The maximum Gasteiger partial charge on any atom is 0.131 e. The van der Waals surface area contributed by atoms with Crippen LogP contribution in [0, 0.1) is 0 Å². The molecular formula is C39H56N4. The van der Waals surface area contributed by atoms with Crippen molar-refractivity contribution in [2.45, 2.75) is 107 Å². The van der Waals surface area contributed by atoms with Crippen LogP contribution in [0.1, 0.15) is 123 Å². The molecule has 0 aliphatic carbocycles. The minimum Gasteiger partial charge on any atom is -0.361 e. The van der Waals surface area contributed by atoms with E-state index in [1.54, 1.807) is 0 Å². The van der Waals surface area contributed by atoms with Gasteiger partial charge in [-0.3, -0.25) is 4.99 Å². The molecule has 1 N–H and O–H groups in total. The van der Waals surface area contributed by atoms with E-state index in [9.17, 15) is 0 Å². The van der Waals surface area contributed by atoms with Gasteiger partial charge >= 0.3 is 0 Å². The van der Waals surface area contributed by atoms with E-state index in [4.69, 9.17) is 0 Å². The Labute approximate surface area is 262 Å². The molecule has 0 amide bonds. The van der Waals surface area contributed by atoms with Crippen LogP contribution in [0.4, 0.5) is 5.69 Å². The fraction of sp³-hybridized carbons (Fsp3) is 0.410. The zero-order valence-electron chi connectivity index (χ0n) is 28.9. The third-order valence-electron chi connectivity index (χ3n) is 6.58. The molecule has 232 valence electrons. The number of aromatic nitrogens is 3. The summed E-state index contributed by atoms with van der Waals surface area (Å²) in [6.45, 7) is 25.1. The van der Waals surface area contributed by atoms with Crippen LogP contribution in [0.25, 0.3) is 21.8 Å². The van der Waals surface area contributed by atoms with Crippen molar-refractivity contribution in [3.63, 3.8) is 0 Å². The molecule has 43 heavy (non-hydrogen) atoms. The second-order valence-corrected chi connectivity index (χ2v) is 10.5. The summed E-state index contributed by atoms with van der Waals surface area (Å²) in [4.78, 5) is 16.2. The lowest BCUT2D eigenvalue weighted by Crippen LogP contribution is -1.96. The van der Waals surface area contributed by atoms with Crippen LogP contribution < -0.4 is 0 Å². The van der Waals surface area contributed by atoms with Crippen LogP contribution in [-0.2, 0) is 6.42 Å². The number of hydrogen-bond acceptors (Lipinski definition) is 3. The fourth-order valence-corrected chi connectivity index (χ4v) is 4.19. The molecule has 0 spiro atoms. The number of aliphatic imine (C=N–C) groups is 1. The fourth-order valence-electron chi connectivity index (χ4n) is 4.19. The van der Waals surface area contributed by atoms with Gasteiger partial charge in [-0.2, -0.15) is 0 Å². The van der Waals surface area contributed by atoms with Gasteiger partial charge in [0.1, 0.15) is 5.82 Å². The average Bonchev–Trinajstić information content (AvgIpc) is 3.73. The van der Waals surface area contributed by atoms with E-state index in [1.165, 1.54) is 27.6 Å². The van der Waals surface area contributed by atoms with Gasteiger partial charge < -0.3 is 4.98 Å². The molecule has 5 aromatic rings. The van der Waals surface area contributed by atoms with Crippen molar-refractivity contribution in [3.8, 4) is 0 Å². The highest BCUT2D eigenvalue weighted by Crippen LogP contribution is 2.27. The maximum atomic E-state index is 4.46. The molecule has 2 aromatic heterocycles. The van der Waals surface area contributed by atoms with Crippen LogP contribution in [-0.4, -0.2) is 21.2 Å². The average molecular weight is 581 g/mol. The third kappa shape index (κ3) is 11.4. The van der Waals surface area contributed by atoms with Crippen molar-refractivity contribution < 1.29 is 0 Å². The number of nitrogens with zero attached hydrogens (tertiary/aromatic N) is 3. The molecule has 0 bridgehead atoms. The number of benzene rings is 3. The Bertz CT molecular complexity index is 1490. The molecular weight excluding hydrogens is 524 g/mol. The van der Waals surface area contributed by atoms with Gasteiger partial charge in [-0.1, -0.05) is 119 Å². The van der Waals surface area contributed by atoms with E-state index >= 15 is 0 Å². The van der Waals surface area contributed by atoms with Gasteiger partial charge in [0.15, 0.2) is 0 Å². The predicted molar refractivity (Wildman–Crippen MR) is 192 cm³/mol. The zero-order valence-corrected chi connectivity index (χ0v) is 28.9. The van der Waals surface area contributed by atoms with E-state index < -0.39 is 0 Å². The van der Waals surface area contributed by atoms with E-state index in [0.29, 0.717) is 17.8 Å². The smallest absolute Gasteiger partial charge is 0.131 e. The Kier molecular flexibility index (Phi) is 17.5. The van der Waals surface area contributed by atoms with Crippen molar-refractivity contribution in [3.05, 3.63) is 102 Å². The maximum absolute atomic E-state index is 4.46. The van der Waals surface area contributed by atoms with Gasteiger partial charge in [-0.25, -0.2) is 9.97 Å². The summed E-state index contributed by atoms with van der Waals surface area (Å²) in [6.07, 6.45) is 6.86. The first-order valence-electron chi connectivity index (χ1n) is 16.3. The van der Waals surface area contributed by atoms with Gasteiger partial charge in [-0.15, -0.1) is 0 Å². The molecule has 3 heterocycles. The zero-order chi connectivity index (χ0) is 32.4. The number of fused-ring (bicyclic) bond motifs is 3. The number of para-hydroxylation sites is 1. The minimum atomic E-state index is 0.393. The monoisotopic (exact) mass is 580 g/mol. The standard InChI is InChI=1S/C11H12N2.2C11H13N.3C2H6/c1-8(2)11-12-7-9-5-3-4-6-10(9)13-11;2*1-8(2)9-3-4-11-10(7-9)5-6-12-11;3*1-2/h3-8H,1-2H3;3-4,6-8H,5H2,1-2H3;3-8,12H,1-2H3;3*1-2H3. The number of H-pyrrole nitrogens is 1. The third-order valence-corrected chi connectivity index (χ3v) is 6.58. The Hall–Kier alpha value is -3.79. The Balaban J connectivity index is 0.000000296. The largest absolute Gasteiger partial charge is 0.361 e. The highest BCUT2D eigenvalue weighted by atomic mass is 14.9. The molecule has 4 nitrogen and oxygen atoms in total. The van der Waals surface area contributed by atoms with Gasteiger partial charge in [0.05, 0.1) is 11.2 Å². The first kappa shape index (κ1) is 37.2. The Morgan fingerprint density at radius 1 is 0.651 bits per heavy atom. The lowest BCUT2D eigenvalue weighted by Gasteiger charge is -2.06. The summed E-state index contributed by atoms with van der Waals surface area (Å²) >= 11 is 0. The minimum absolute atomic E-state index is 0.393. The van der Waals surface area contributed by atoms with Crippen molar-refractivity contribution in [1.29, 1.82) is 0 Å². The summed E-state index contributed by atoms with van der Waals surface area (Å²) in [7, 11) is 0. The van der Waals surface area contributed by atoms with Gasteiger partial charge in [0.2, 0.25) is 0 Å². The lowest BCUT2D eigenvalue weighted by molar-refractivity contribution is 0.783. The van der Waals surface area contributed by atoms with Crippen LogP contribution in [0.3, 0.4) is 0 Å². The molecule has 0 atom stereocenters. The summed E-state index contributed by atoms with van der Waals surface area (Å²) in [5.74, 6) is 2.54. The number of hydrogen-bond donors (Lipinski definition) is 1. The van der Waals surface area contributed by atoms with E-state index in [1.807, 2.05) is 84.4 Å². The predicted octanol–water partition coefficient (Wildman–Crippen LogP) is 12.2. The SMILES string of the molecule is CC.CC.CC.CC(C)c1ccc2[nH]ccc2c1.CC(C)c1ccc2c(c1)CC=N2.CC(C)c1ncc2ccccc2n1. The first-order valence-corrected chi connectivity index (χ1v) is 16.3. The normalized spacial score (nSPS) is 10.8. The van der Waals surface area contributed by atoms with E-state index in [-0.39, 0.29) is 0 Å². The van der Waals surface area contributed by atoms with Gasteiger partial charge in [0, 0.05) is 41.8 Å². The molecule has 6 rings (SSSR count). The second-order valence-electron chi connectivity index (χ2n) is 10.5. The summed E-state index contributed by atoms with van der Waals surface area (Å²) < 4.78 is 0. The quantitative estimate of drug-likeness (QED) is 0.231. The Morgan fingerprint density at radius 2 is 1.28 bits per heavy atom. The van der Waals surface area contributed by atoms with Crippen LogP contribution >= 0.6 is 0 Å². The number of nitrogens with one attached hydrogen (secondary N) is 1. The molecule has 0 saturated heterocycles. The van der Waals surface area contributed by atoms with Crippen LogP contribution in [0.15, 0.2) is 84.1 Å². The highest BCUT2D eigenvalue weighted by Gasteiger charge is 2.08. The molecule has 1 aliphatic heterocycles. The van der Waals surface area contributed by atoms with Crippen molar-refractivity contribution in [2.75, 3.05) is 0 Å². The summed E-state index contributed by atoms with van der Waals surface area (Å²) in [5.41, 5.74) is 7.60. The number of aromatic amines is 1. The molecule has 0 unspecified atom stereocenters. The molecule has 3 aromatic carbocycles. The molecule has 0 fully saturated rings. The summed E-state index contributed by atoms with van der Waals surface area (Å²) in [6, 6.07) is 23.3. The highest BCUT2D eigenvalue weighted by molar-refractivity contribution is 5.80. The van der Waals surface area contributed by atoms with Crippen molar-refractivity contribution in [1.82, 2.24) is 15.0 Å². The Morgan fingerprint density at radius 3 is 1.93 bits per heavy atom. The number of rotatable bonds is 3. The lowest BCUT2D eigenvalue weighted by atomic mass is 10.00. The first-order chi connectivity index (χ1) is 20.8. The van der Waals surface area contributed by atoms with E-state index in [2.05, 4.69) is 104 Å². The van der Waals surface area contributed by atoms with Crippen molar-refractivity contribution >= 4 is 33.7 Å². The molecule has 0 saturated carbocycles. The van der Waals surface area contributed by atoms with Crippen molar-refractivity contribution in [2.24, 2.45) is 4.99 Å². The molecule has 4 heteroatoms. The van der Waals surface area contributed by atoms with E-state index in [0.717, 1.165) is 28.8 Å². The van der Waals surface area contributed by atoms with Crippen LogP contribution in [0.2, 0.25) is 0 Å². The molecule has 0 radical (unpaired) electrons. The topological polar surface area (TPSA) is 53.9 Å². The second kappa shape index (κ2) is 20.2. The van der Waals surface area contributed by atoms with Gasteiger partial charge in [-0.05, 0) is 64.2 Å². The van der Waals surface area contributed by atoms with Gasteiger partial charge in [0.25, 0.3) is 0 Å². The van der Waals surface area contributed by atoms with Crippen LogP contribution in [0.5, 0.6) is 0 Å². The molecule has 1 aliphatic rings. The summed E-state index contributed by atoms with van der Waals surface area (Å²) in [5, 5.41) is 2.41.